The SMILES string of the molecule is c1ccc(C2=NC(c3ccccc3)NC(c3cc4ccccc4cc3-c3ccc(-c4ccc5oc6ccc7ccccc7c6c5c4)cc3)N2)cc1. The molecule has 4 nitrogen and oxygen atoms in total. The molecule has 2 atom stereocenters. The number of furan rings is 1. The van der Waals surface area contributed by atoms with E-state index in [0.29, 0.717) is 0 Å². The molecule has 2 unspecified atom stereocenters. The smallest absolute Gasteiger partial charge is 0.136 e. The standard InChI is InChI=1S/C47H33N3O/c1-3-12-33(13-4-1)45-48-46(34-14-5-2-6-15-34)50-47(49-45)40-28-36-17-8-7-16-35(36)27-39(40)32-21-19-30(20-22-32)37-24-25-42-41(29-37)44-38-18-10-9-11-31(38)23-26-43(44)51-42/h1-29,45,47,49H,(H,48,50). The second-order valence-corrected chi connectivity index (χ2v) is 13.2. The Kier molecular flexibility index (Phi) is 7.00. The fourth-order valence-corrected chi connectivity index (χ4v) is 7.58. The van der Waals surface area contributed by atoms with Crippen molar-refractivity contribution in [2.75, 3.05) is 0 Å². The molecular weight excluding hydrogens is 623 g/mol. The molecule has 1 aliphatic rings. The summed E-state index contributed by atoms with van der Waals surface area (Å²) in [6.45, 7) is 0. The molecule has 8 aromatic carbocycles. The van der Waals surface area contributed by atoms with E-state index in [1.54, 1.807) is 0 Å². The van der Waals surface area contributed by atoms with Crippen molar-refractivity contribution in [2.45, 2.75) is 12.3 Å². The molecule has 0 saturated carbocycles. The molecule has 0 spiro atoms. The van der Waals surface area contributed by atoms with Gasteiger partial charge in [0, 0.05) is 16.3 Å². The third-order valence-electron chi connectivity index (χ3n) is 10.1. The van der Waals surface area contributed by atoms with E-state index in [9.17, 15) is 0 Å². The molecule has 4 heteroatoms. The third-order valence-corrected chi connectivity index (χ3v) is 10.1. The lowest BCUT2D eigenvalue weighted by atomic mass is 9.92. The van der Waals surface area contributed by atoms with Crippen LogP contribution in [0.4, 0.5) is 0 Å². The van der Waals surface area contributed by atoms with Crippen LogP contribution in [-0.4, -0.2) is 5.84 Å². The van der Waals surface area contributed by atoms with E-state index in [-0.39, 0.29) is 12.3 Å². The maximum Gasteiger partial charge on any atom is 0.136 e. The maximum absolute atomic E-state index is 6.29. The number of nitrogens with zero attached hydrogens (tertiary/aromatic N) is 1. The van der Waals surface area contributed by atoms with Gasteiger partial charge in [0.1, 0.15) is 29.3 Å². The molecule has 2 N–H and O–H groups in total. The summed E-state index contributed by atoms with van der Waals surface area (Å²) in [4.78, 5) is 5.15. The Morgan fingerprint density at radius 1 is 0.471 bits per heavy atom. The van der Waals surface area contributed by atoms with Crippen molar-refractivity contribution in [3.05, 3.63) is 193 Å². The van der Waals surface area contributed by atoms with Gasteiger partial charge >= 0.3 is 0 Å². The molecule has 0 amide bonds. The Bertz CT molecular complexity index is 2750. The van der Waals surface area contributed by atoms with Gasteiger partial charge in [-0.25, -0.2) is 4.99 Å². The molecular formula is C47H33N3O. The normalized spacial score (nSPS) is 16.0. The van der Waals surface area contributed by atoms with Crippen LogP contribution in [0.1, 0.15) is 29.0 Å². The van der Waals surface area contributed by atoms with Gasteiger partial charge < -0.3 is 9.73 Å². The zero-order chi connectivity index (χ0) is 33.7. The summed E-state index contributed by atoms with van der Waals surface area (Å²) >= 11 is 0. The first-order chi connectivity index (χ1) is 25.2. The van der Waals surface area contributed by atoms with Crippen LogP contribution in [0.15, 0.2) is 185 Å². The zero-order valence-electron chi connectivity index (χ0n) is 27.8. The van der Waals surface area contributed by atoms with Gasteiger partial charge in [0.05, 0.1) is 0 Å². The topological polar surface area (TPSA) is 49.6 Å². The van der Waals surface area contributed by atoms with Crippen molar-refractivity contribution in [2.24, 2.45) is 4.99 Å². The van der Waals surface area contributed by atoms with Gasteiger partial charge in [0.15, 0.2) is 0 Å². The summed E-state index contributed by atoms with van der Waals surface area (Å²) in [5, 5.41) is 14.7. The molecule has 51 heavy (non-hydrogen) atoms. The highest BCUT2D eigenvalue weighted by atomic mass is 16.3. The Morgan fingerprint density at radius 3 is 1.92 bits per heavy atom. The molecule has 0 saturated heterocycles. The molecule has 2 heterocycles. The van der Waals surface area contributed by atoms with Crippen molar-refractivity contribution in [3.63, 3.8) is 0 Å². The molecule has 1 aliphatic heterocycles. The van der Waals surface area contributed by atoms with E-state index in [0.717, 1.165) is 50.2 Å². The number of hydrogen-bond donors (Lipinski definition) is 2. The van der Waals surface area contributed by atoms with Crippen molar-refractivity contribution in [1.82, 2.24) is 10.6 Å². The average Bonchev–Trinajstić information content (AvgIpc) is 3.59. The highest BCUT2D eigenvalue weighted by molar-refractivity contribution is 6.19. The van der Waals surface area contributed by atoms with Gasteiger partial charge in [-0.05, 0) is 85.3 Å². The van der Waals surface area contributed by atoms with Gasteiger partial charge in [-0.1, -0.05) is 146 Å². The van der Waals surface area contributed by atoms with Crippen LogP contribution in [0.3, 0.4) is 0 Å². The molecule has 0 radical (unpaired) electrons. The zero-order valence-corrected chi connectivity index (χ0v) is 27.8. The lowest BCUT2D eigenvalue weighted by molar-refractivity contribution is 0.410. The van der Waals surface area contributed by atoms with Crippen LogP contribution in [-0.2, 0) is 0 Å². The van der Waals surface area contributed by atoms with Gasteiger partial charge in [0.2, 0.25) is 0 Å². The average molecular weight is 656 g/mol. The summed E-state index contributed by atoms with van der Waals surface area (Å²) in [5.41, 5.74) is 9.83. The van der Waals surface area contributed by atoms with E-state index in [1.807, 2.05) is 12.1 Å². The predicted molar refractivity (Wildman–Crippen MR) is 211 cm³/mol. The van der Waals surface area contributed by atoms with E-state index >= 15 is 0 Å². The predicted octanol–water partition coefficient (Wildman–Crippen LogP) is 11.6. The second-order valence-electron chi connectivity index (χ2n) is 13.2. The Hall–Kier alpha value is -6.49. The Labute approximate surface area is 295 Å². The minimum absolute atomic E-state index is 0.186. The molecule has 0 aliphatic carbocycles. The number of aliphatic imine (C=N–C) groups is 1. The number of fused-ring (bicyclic) bond motifs is 6. The molecule has 0 bridgehead atoms. The van der Waals surface area contributed by atoms with Crippen molar-refractivity contribution < 1.29 is 4.42 Å². The van der Waals surface area contributed by atoms with E-state index in [2.05, 4.69) is 174 Å². The fraction of sp³-hybridized carbons (Fsp3) is 0.0426. The van der Waals surface area contributed by atoms with E-state index in [4.69, 9.17) is 9.41 Å². The highest BCUT2D eigenvalue weighted by Gasteiger charge is 2.27. The van der Waals surface area contributed by atoms with Crippen molar-refractivity contribution in [3.8, 4) is 22.3 Å². The first-order valence-electron chi connectivity index (χ1n) is 17.4. The Morgan fingerprint density at radius 2 is 1.12 bits per heavy atom. The van der Waals surface area contributed by atoms with Crippen LogP contribution in [0.2, 0.25) is 0 Å². The monoisotopic (exact) mass is 655 g/mol. The quantitative estimate of drug-likeness (QED) is 0.194. The minimum atomic E-state index is -0.208. The van der Waals surface area contributed by atoms with Crippen LogP contribution < -0.4 is 10.6 Å². The number of nitrogens with one attached hydrogen (secondary N) is 2. The molecule has 1 aromatic heterocycles. The first kappa shape index (κ1) is 29.4. The van der Waals surface area contributed by atoms with Crippen LogP contribution >= 0.6 is 0 Å². The molecule has 9 aromatic rings. The van der Waals surface area contributed by atoms with Gasteiger partial charge in [-0.2, -0.15) is 0 Å². The minimum Gasteiger partial charge on any atom is -0.456 e. The van der Waals surface area contributed by atoms with Crippen LogP contribution in [0.5, 0.6) is 0 Å². The molecule has 10 rings (SSSR count). The van der Waals surface area contributed by atoms with Gasteiger partial charge in [0.25, 0.3) is 0 Å². The molecule has 242 valence electrons. The lowest BCUT2D eigenvalue weighted by Gasteiger charge is -2.33. The van der Waals surface area contributed by atoms with E-state index < -0.39 is 0 Å². The second kappa shape index (κ2) is 12.1. The van der Waals surface area contributed by atoms with Gasteiger partial charge in [-0.15, -0.1) is 0 Å². The highest BCUT2D eigenvalue weighted by Crippen LogP contribution is 2.39. The third kappa shape index (κ3) is 5.25. The maximum atomic E-state index is 6.29. The number of rotatable bonds is 5. The fourth-order valence-electron chi connectivity index (χ4n) is 7.58. The number of hydrogen-bond acceptors (Lipinski definition) is 4. The van der Waals surface area contributed by atoms with Gasteiger partial charge in [-0.3, -0.25) is 5.32 Å². The largest absolute Gasteiger partial charge is 0.456 e. The lowest BCUT2D eigenvalue weighted by Crippen LogP contribution is -2.45. The Balaban J connectivity index is 1.07. The van der Waals surface area contributed by atoms with Crippen LogP contribution in [0.25, 0.3) is 65.7 Å². The van der Waals surface area contributed by atoms with Crippen molar-refractivity contribution in [1.29, 1.82) is 0 Å². The molecule has 0 fully saturated rings. The van der Waals surface area contributed by atoms with E-state index in [1.165, 1.54) is 38.1 Å². The summed E-state index contributed by atoms with van der Waals surface area (Å²) in [7, 11) is 0. The van der Waals surface area contributed by atoms with Crippen LogP contribution in [0, 0.1) is 0 Å². The number of amidine groups is 1. The summed E-state index contributed by atoms with van der Waals surface area (Å²) in [5.74, 6) is 0.873. The number of benzene rings is 8. The summed E-state index contributed by atoms with van der Waals surface area (Å²) in [6.07, 6.45) is -0.394. The summed E-state index contributed by atoms with van der Waals surface area (Å²) in [6, 6.07) is 62.3. The summed E-state index contributed by atoms with van der Waals surface area (Å²) < 4.78 is 6.29. The first-order valence-corrected chi connectivity index (χ1v) is 17.4. The van der Waals surface area contributed by atoms with Crippen molar-refractivity contribution >= 4 is 49.3 Å².